The second kappa shape index (κ2) is 3.96. The van der Waals surface area contributed by atoms with Crippen molar-refractivity contribution < 1.29 is 4.79 Å². The number of carbonyl (C=O) groups excluding carboxylic acids is 1. The van der Waals surface area contributed by atoms with Gasteiger partial charge in [0.2, 0.25) is 5.91 Å². The molecule has 0 radical (unpaired) electrons. The molecular formula is C12H14N2O2. The summed E-state index contributed by atoms with van der Waals surface area (Å²) in [5.41, 5.74) is 1.55. The molecule has 2 heterocycles. The molecule has 1 aliphatic heterocycles. The van der Waals surface area contributed by atoms with Crippen LogP contribution in [0.25, 0.3) is 0 Å². The maximum atomic E-state index is 11.7. The van der Waals surface area contributed by atoms with E-state index in [2.05, 4.69) is 11.9 Å². The van der Waals surface area contributed by atoms with Gasteiger partial charge in [-0.05, 0) is 25.3 Å². The van der Waals surface area contributed by atoms with E-state index in [0.717, 1.165) is 17.7 Å². The van der Waals surface area contributed by atoms with Gasteiger partial charge in [-0.25, -0.2) is 0 Å². The number of aryl methyl sites for hydroxylation is 1. The smallest absolute Gasteiger partial charge is 0.251 e. The molecule has 1 unspecified atom stereocenters. The highest BCUT2D eigenvalue weighted by Crippen LogP contribution is 2.20. The van der Waals surface area contributed by atoms with Crippen molar-refractivity contribution >= 4 is 5.91 Å². The Morgan fingerprint density at radius 1 is 1.44 bits per heavy atom. The average molecular weight is 218 g/mol. The molecule has 1 atom stereocenters. The molecule has 1 aromatic rings. The van der Waals surface area contributed by atoms with E-state index in [1.165, 1.54) is 10.6 Å². The number of aromatic nitrogens is 1. The number of pyridine rings is 1. The summed E-state index contributed by atoms with van der Waals surface area (Å²) in [5.74, 6) is -0.149. The molecule has 1 saturated heterocycles. The average Bonchev–Trinajstić information content (AvgIpc) is 2.22. The highest BCUT2D eigenvalue weighted by molar-refractivity contribution is 5.82. The molecular weight excluding hydrogens is 204 g/mol. The Balaban J connectivity index is 2.37. The van der Waals surface area contributed by atoms with Crippen LogP contribution in [0.4, 0.5) is 0 Å². The zero-order chi connectivity index (χ0) is 11.7. The van der Waals surface area contributed by atoms with Gasteiger partial charge in [-0.2, -0.15) is 0 Å². The van der Waals surface area contributed by atoms with Crippen molar-refractivity contribution in [2.24, 2.45) is 0 Å². The number of allylic oxidation sites excluding steroid dienone is 1. The minimum atomic E-state index is -0.405. The van der Waals surface area contributed by atoms with Crippen LogP contribution in [-0.4, -0.2) is 10.5 Å². The quantitative estimate of drug-likeness (QED) is 0.768. The molecule has 84 valence electrons. The molecule has 0 bridgehead atoms. The SMILES string of the molecule is C=C1CCC(n2cc(C)ccc2=O)C(=O)N1. The van der Waals surface area contributed by atoms with Crippen LogP contribution in [0.3, 0.4) is 0 Å². The Morgan fingerprint density at radius 2 is 2.19 bits per heavy atom. The summed E-state index contributed by atoms with van der Waals surface area (Å²) in [4.78, 5) is 23.4. The number of nitrogens with one attached hydrogen (secondary N) is 1. The van der Waals surface area contributed by atoms with Crippen LogP contribution in [-0.2, 0) is 4.79 Å². The summed E-state index contributed by atoms with van der Waals surface area (Å²) in [7, 11) is 0. The largest absolute Gasteiger partial charge is 0.329 e. The van der Waals surface area contributed by atoms with Crippen molar-refractivity contribution in [2.45, 2.75) is 25.8 Å². The molecule has 4 heteroatoms. The third-order valence-corrected chi connectivity index (χ3v) is 2.74. The van der Waals surface area contributed by atoms with Gasteiger partial charge in [-0.1, -0.05) is 12.6 Å². The van der Waals surface area contributed by atoms with Gasteiger partial charge in [0.05, 0.1) is 0 Å². The van der Waals surface area contributed by atoms with Crippen molar-refractivity contribution in [3.63, 3.8) is 0 Å². The number of rotatable bonds is 1. The van der Waals surface area contributed by atoms with E-state index in [-0.39, 0.29) is 11.5 Å². The number of hydrogen-bond donors (Lipinski definition) is 1. The van der Waals surface area contributed by atoms with E-state index in [4.69, 9.17) is 0 Å². The zero-order valence-corrected chi connectivity index (χ0v) is 9.19. The second-order valence-electron chi connectivity index (χ2n) is 4.10. The third kappa shape index (κ3) is 1.91. The molecule has 1 aromatic heterocycles. The van der Waals surface area contributed by atoms with Gasteiger partial charge in [0.15, 0.2) is 0 Å². The maximum absolute atomic E-state index is 11.7. The number of amides is 1. The molecule has 2 rings (SSSR count). The van der Waals surface area contributed by atoms with E-state index in [1.807, 2.05) is 6.92 Å². The molecule has 16 heavy (non-hydrogen) atoms. The van der Waals surface area contributed by atoms with Crippen LogP contribution in [0.5, 0.6) is 0 Å². The van der Waals surface area contributed by atoms with Gasteiger partial charge < -0.3 is 9.88 Å². The van der Waals surface area contributed by atoms with Crippen LogP contribution < -0.4 is 10.9 Å². The topological polar surface area (TPSA) is 51.1 Å². The van der Waals surface area contributed by atoms with Crippen LogP contribution in [0, 0.1) is 6.92 Å². The first-order valence-corrected chi connectivity index (χ1v) is 5.25. The van der Waals surface area contributed by atoms with Gasteiger partial charge in [-0.3, -0.25) is 9.59 Å². The lowest BCUT2D eigenvalue weighted by molar-refractivity contribution is -0.124. The molecule has 1 fully saturated rings. The Labute approximate surface area is 93.6 Å². The molecule has 0 spiro atoms. The van der Waals surface area contributed by atoms with Crippen molar-refractivity contribution in [1.29, 1.82) is 0 Å². The van der Waals surface area contributed by atoms with E-state index in [0.29, 0.717) is 6.42 Å². The standard InChI is InChI=1S/C12H14N2O2/c1-8-3-6-11(15)14(7-8)10-5-4-9(2)13-12(10)16/h3,6-7,10H,2,4-5H2,1H3,(H,13,16). The van der Waals surface area contributed by atoms with Crippen molar-refractivity contribution in [3.05, 3.63) is 46.5 Å². The first-order valence-electron chi connectivity index (χ1n) is 5.25. The van der Waals surface area contributed by atoms with E-state index in [1.54, 1.807) is 12.3 Å². The summed E-state index contributed by atoms with van der Waals surface area (Å²) in [5, 5.41) is 2.68. The van der Waals surface area contributed by atoms with Crippen molar-refractivity contribution in [1.82, 2.24) is 9.88 Å². The summed E-state index contributed by atoms with van der Waals surface area (Å²) in [6.07, 6.45) is 3.07. The second-order valence-corrected chi connectivity index (χ2v) is 4.10. The highest BCUT2D eigenvalue weighted by Gasteiger charge is 2.25. The molecule has 0 aliphatic carbocycles. The number of nitrogens with zero attached hydrogens (tertiary/aromatic N) is 1. The Kier molecular flexibility index (Phi) is 2.64. The normalized spacial score (nSPS) is 20.7. The number of piperidine rings is 1. The van der Waals surface area contributed by atoms with Crippen LogP contribution in [0.15, 0.2) is 35.4 Å². The van der Waals surface area contributed by atoms with Crippen molar-refractivity contribution in [3.8, 4) is 0 Å². The lowest BCUT2D eigenvalue weighted by Gasteiger charge is -2.25. The fourth-order valence-electron chi connectivity index (χ4n) is 1.89. The fraction of sp³-hybridized carbons (Fsp3) is 0.333. The van der Waals surface area contributed by atoms with Gasteiger partial charge in [0, 0.05) is 18.0 Å². The molecule has 0 aromatic carbocycles. The predicted molar refractivity (Wildman–Crippen MR) is 61.0 cm³/mol. The van der Waals surface area contributed by atoms with Crippen molar-refractivity contribution in [2.75, 3.05) is 0 Å². The van der Waals surface area contributed by atoms with Gasteiger partial charge in [-0.15, -0.1) is 0 Å². The lowest BCUT2D eigenvalue weighted by Crippen LogP contribution is -2.39. The highest BCUT2D eigenvalue weighted by atomic mass is 16.2. The van der Waals surface area contributed by atoms with E-state index in [9.17, 15) is 9.59 Å². The van der Waals surface area contributed by atoms with Gasteiger partial charge >= 0.3 is 0 Å². The summed E-state index contributed by atoms with van der Waals surface area (Å²) < 4.78 is 1.50. The number of carbonyl (C=O) groups is 1. The fourth-order valence-corrected chi connectivity index (χ4v) is 1.89. The molecule has 1 amide bonds. The first kappa shape index (κ1) is 10.7. The lowest BCUT2D eigenvalue weighted by atomic mass is 10.0. The Hall–Kier alpha value is -1.84. The zero-order valence-electron chi connectivity index (χ0n) is 9.19. The maximum Gasteiger partial charge on any atom is 0.251 e. The molecule has 1 aliphatic rings. The van der Waals surface area contributed by atoms with Gasteiger partial charge in [0.25, 0.3) is 5.56 Å². The van der Waals surface area contributed by atoms with E-state index >= 15 is 0 Å². The predicted octanol–water partition coefficient (Wildman–Crippen LogP) is 1.12. The van der Waals surface area contributed by atoms with E-state index < -0.39 is 6.04 Å². The third-order valence-electron chi connectivity index (χ3n) is 2.74. The monoisotopic (exact) mass is 218 g/mol. The molecule has 0 saturated carbocycles. The Bertz CT molecular complexity index is 502. The summed E-state index contributed by atoms with van der Waals surface area (Å²) in [6.45, 7) is 5.61. The Morgan fingerprint density at radius 3 is 2.88 bits per heavy atom. The number of hydrogen-bond acceptors (Lipinski definition) is 2. The van der Waals surface area contributed by atoms with Crippen LogP contribution >= 0.6 is 0 Å². The summed E-state index contributed by atoms with van der Waals surface area (Å²) >= 11 is 0. The van der Waals surface area contributed by atoms with Crippen LogP contribution in [0.2, 0.25) is 0 Å². The minimum Gasteiger partial charge on any atom is -0.329 e. The first-order chi connectivity index (χ1) is 7.58. The van der Waals surface area contributed by atoms with Crippen LogP contribution in [0.1, 0.15) is 24.4 Å². The minimum absolute atomic E-state index is 0.140. The molecule has 1 N–H and O–H groups in total. The molecule has 4 nitrogen and oxygen atoms in total. The summed E-state index contributed by atoms with van der Waals surface area (Å²) in [6, 6.07) is 2.84. The van der Waals surface area contributed by atoms with Gasteiger partial charge in [0.1, 0.15) is 6.04 Å².